The molecule has 0 bridgehead atoms. The molecule has 0 aliphatic heterocycles. The molecule has 2 heteroatoms. The number of hydrogen-bond donors (Lipinski definition) is 0. The summed E-state index contributed by atoms with van der Waals surface area (Å²) >= 11 is 0. The van der Waals surface area contributed by atoms with Crippen LogP contribution in [0.5, 0.6) is 0 Å². The molecule has 0 radical (unpaired) electrons. The number of aryl methyl sites for hydroxylation is 1. The highest BCUT2D eigenvalue weighted by Gasteiger charge is 2.19. The second-order valence-corrected chi connectivity index (χ2v) is 8.36. The fourth-order valence-electron chi connectivity index (χ4n) is 3.81. The predicted molar refractivity (Wildman–Crippen MR) is 123 cm³/mol. The second kappa shape index (κ2) is 14.3. The van der Waals surface area contributed by atoms with E-state index in [0.29, 0.717) is 5.92 Å². The van der Waals surface area contributed by atoms with Crippen LogP contribution in [0.3, 0.4) is 0 Å². The van der Waals surface area contributed by atoms with Crippen LogP contribution in [0.15, 0.2) is 54.9 Å². The molecule has 2 rings (SSSR count). The fourth-order valence-corrected chi connectivity index (χ4v) is 3.81. The van der Waals surface area contributed by atoms with E-state index in [9.17, 15) is 0 Å². The summed E-state index contributed by atoms with van der Waals surface area (Å²) in [5.74, 6) is 0.663. The average Bonchev–Trinajstić information content (AvgIpc) is 2.77. The largest absolute Gasteiger partial charge is 0.367 e. The van der Waals surface area contributed by atoms with Gasteiger partial charge in [0.15, 0.2) is 18.9 Å². The van der Waals surface area contributed by atoms with E-state index in [1.54, 1.807) is 0 Å². The van der Waals surface area contributed by atoms with Crippen LogP contribution in [-0.2, 0) is 17.7 Å². The molecule has 0 amide bonds. The highest BCUT2D eigenvalue weighted by atomic mass is 16.5. The van der Waals surface area contributed by atoms with Gasteiger partial charge in [-0.25, -0.2) is 4.57 Å². The molecule has 0 fully saturated rings. The lowest BCUT2D eigenvalue weighted by molar-refractivity contribution is -0.705. The van der Waals surface area contributed by atoms with Crippen LogP contribution in [0, 0.1) is 5.92 Å². The molecule has 2 nitrogen and oxygen atoms in total. The van der Waals surface area contributed by atoms with Crippen molar-refractivity contribution in [3.63, 3.8) is 0 Å². The Hall–Kier alpha value is -1.67. The van der Waals surface area contributed by atoms with Crippen LogP contribution in [0.4, 0.5) is 0 Å². The molecule has 29 heavy (non-hydrogen) atoms. The Labute approximate surface area is 179 Å². The molecule has 1 aromatic carbocycles. The summed E-state index contributed by atoms with van der Waals surface area (Å²) in [5, 5.41) is 0. The molecule has 2 aromatic rings. The number of pyridine rings is 1. The number of rotatable bonds is 15. The Bertz CT molecular complexity index is 637. The highest BCUT2D eigenvalue weighted by molar-refractivity contribution is 5.24. The standard InChI is InChI=1S/C27H42NO/c1-4-7-9-11-15-25-16-18-26(19-17-25)27(22-28-20-12-10-13-21-28)29-23-24(6-3)14-8-5-2/h10,12-13,16-21,24,27H,4-9,11,14-15,22-23H2,1-3H3/q+1. The summed E-state index contributed by atoms with van der Waals surface area (Å²) in [6, 6.07) is 15.4. The van der Waals surface area contributed by atoms with Crippen LogP contribution in [0.1, 0.15) is 89.4 Å². The average molecular weight is 397 g/mol. The van der Waals surface area contributed by atoms with Crippen molar-refractivity contribution in [3.05, 3.63) is 66.0 Å². The van der Waals surface area contributed by atoms with Gasteiger partial charge in [0, 0.05) is 12.1 Å². The molecule has 2 atom stereocenters. The van der Waals surface area contributed by atoms with E-state index in [1.165, 1.54) is 68.9 Å². The van der Waals surface area contributed by atoms with Crippen molar-refractivity contribution in [3.8, 4) is 0 Å². The lowest BCUT2D eigenvalue weighted by atomic mass is 10.00. The summed E-state index contributed by atoms with van der Waals surface area (Å²) < 4.78 is 8.75. The van der Waals surface area contributed by atoms with Crippen LogP contribution in [0.25, 0.3) is 0 Å². The van der Waals surface area contributed by atoms with Crippen molar-refractivity contribution in [1.29, 1.82) is 0 Å². The van der Waals surface area contributed by atoms with Gasteiger partial charge < -0.3 is 4.74 Å². The minimum atomic E-state index is 0.104. The summed E-state index contributed by atoms with van der Waals surface area (Å²) in [6.07, 6.45) is 15.9. The highest BCUT2D eigenvalue weighted by Crippen LogP contribution is 2.22. The number of aromatic nitrogens is 1. The summed E-state index contributed by atoms with van der Waals surface area (Å²) in [7, 11) is 0. The maximum Gasteiger partial charge on any atom is 0.178 e. The molecule has 160 valence electrons. The van der Waals surface area contributed by atoms with E-state index < -0.39 is 0 Å². The maximum atomic E-state index is 6.51. The van der Waals surface area contributed by atoms with Gasteiger partial charge in [0.1, 0.15) is 6.10 Å². The summed E-state index contributed by atoms with van der Waals surface area (Å²) in [4.78, 5) is 0. The van der Waals surface area contributed by atoms with Crippen molar-refractivity contribution in [1.82, 2.24) is 0 Å². The van der Waals surface area contributed by atoms with Crippen molar-refractivity contribution in [2.45, 2.75) is 91.2 Å². The number of ether oxygens (including phenoxy) is 1. The zero-order chi connectivity index (χ0) is 20.7. The van der Waals surface area contributed by atoms with E-state index in [4.69, 9.17) is 4.74 Å². The Morgan fingerprint density at radius 2 is 1.55 bits per heavy atom. The van der Waals surface area contributed by atoms with Gasteiger partial charge in [-0.15, -0.1) is 0 Å². The fraction of sp³-hybridized carbons (Fsp3) is 0.593. The second-order valence-electron chi connectivity index (χ2n) is 8.36. The zero-order valence-corrected chi connectivity index (χ0v) is 19.0. The minimum absolute atomic E-state index is 0.104. The molecular formula is C27H42NO+. The third-order valence-corrected chi connectivity index (χ3v) is 5.90. The van der Waals surface area contributed by atoms with Gasteiger partial charge in [-0.2, -0.15) is 0 Å². The monoisotopic (exact) mass is 396 g/mol. The van der Waals surface area contributed by atoms with Crippen LogP contribution in [0.2, 0.25) is 0 Å². The molecule has 0 saturated carbocycles. The topological polar surface area (TPSA) is 13.1 Å². The van der Waals surface area contributed by atoms with Gasteiger partial charge in [0.25, 0.3) is 0 Å². The van der Waals surface area contributed by atoms with Gasteiger partial charge in [0.05, 0.1) is 6.61 Å². The molecular weight excluding hydrogens is 354 g/mol. The maximum absolute atomic E-state index is 6.51. The lowest BCUT2D eigenvalue weighted by Crippen LogP contribution is -2.37. The lowest BCUT2D eigenvalue weighted by Gasteiger charge is -2.20. The molecule has 0 aliphatic carbocycles. The van der Waals surface area contributed by atoms with Crippen molar-refractivity contribution >= 4 is 0 Å². The first-order chi connectivity index (χ1) is 14.3. The number of benzene rings is 1. The van der Waals surface area contributed by atoms with Crippen LogP contribution in [-0.4, -0.2) is 6.61 Å². The summed E-state index contributed by atoms with van der Waals surface area (Å²) in [6.45, 7) is 8.55. The van der Waals surface area contributed by atoms with E-state index in [-0.39, 0.29) is 6.10 Å². The number of nitrogens with zero attached hydrogens (tertiary/aromatic N) is 1. The van der Waals surface area contributed by atoms with Crippen LogP contribution >= 0.6 is 0 Å². The van der Waals surface area contributed by atoms with Crippen LogP contribution < -0.4 is 4.57 Å². The first kappa shape index (κ1) is 23.6. The first-order valence-electron chi connectivity index (χ1n) is 11.9. The third-order valence-electron chi connectivity index (χ3n) is 5.90. The molecule has 0 saturated heterocycles. The quantitative estimate of drug-likeness (QED) is 0.232. The van der Waals surface area contributed by atoms with Gasteiger partial charge in [0.2, 0.25) is 0 Å². The normalized spacial score (nSPS) is 13.3. The Balaban J connectivity index is 2.01. The van der Waals surface area contributed by atoms with E-state index in [0.717, 1.165) is 13.2 Å². The SMILES string of the molecule is CCCCCCc1ccc(C(C[n+]2ccccc2)OCC(CC)CCCC)cc1. The van der Waals surface area contributed by atoms with Gasteiger partial charge in [-0.1, -0.05) is 89.6 Å². The Morgan fingerprint density at radius 3 is 2.21 bits per heavy atom. The predicted octanol–water partition coefficient (Wildman–Crippen LogP) is 7.07. The van der Waals surface area contributed by atoms with Gasteiger partial charge in [-0.05, 0) is 36.3 Å². The zero-order valence-electron chi connectivity index (χ0n) is 19.0. The molecule has 1 heterocycles. The first-order valence-corrected chi connectivity index (χ1v) is 11.9. The molecule has 1 aromatic heterocycles. The minimum Gasteiger partial charge on any atom is -0.367 e. The summed E-state index contributed by atoms with van der Waals surface area (Å²) in [5.41, 5.74) is 2.74. The number of unbranched alkanes of at least 4 members (excludes halogenated alkanes) is 4. The smallest absolute Gasteiger partial charge is 0.178 e. The molecule has 0 spiro atoms. The molecule has 2 unspecified atom stereocenters. The molecule has 0 aliphatic rings. The van der Waals surface area contributed by atoms with Crippen molar-refractivity contribution < 1.29 is 9.30 Å². The Morgan fingerprint density at radius 1 is 0.828 bits per heavy atom. The Kier molecular flexibility index (Phi) is 11.7. The van der Waals surface area contributed by atoms with Gasteiger partial charge >= 0.3 is 0 Å². The molecule has 0 N–H and O–H groups in total. The van der Waals surface area contributed by atoms with Crippen molar-refractivity contribution in [2.24, 2.45) is 5.92 Å². The number of hydrogen-bond acceptors (Lipinski definition) is 1. The van der Waals surface area contributed by atoms with E-state index >= 15 is 0 Å². The third kappa shape index (κ3) is 9.12. The van der Waals surface area contributed by atoms with E-state index in [2.05, 4.69) is 80.2 Å². The van der Waals surface area contributed by atoms with Crippen molar-refractivity contribution in [2.75, 3.05) is 6.61 Å². The van der Waals surface area contributed by atoms with Gasteiger partial charge in [-0.3, -0.25) is 0 Å². The van der Waals surface area contributed by atoms with E-state index in [1.807, 2.05) is 0 Å².